The molecule has 0 radical (unpaired) electrons. The number of likely N-dealkylation sites (tertiary alicyclic amines) is 1. The lowest BCUT2D eigenvalue weighted by atomic mass is 9.71. The summed E-state index contributed by atoms with van der Waals surface area (Å²) in [6.07, 6.45) is 10.0. The second-order valence-corrected chi connectivity index (χ2v) is 8.43. The summed E-state index contributed by atoms with van der Waals surface area (Å²) in [4.78, 5) is 2.78. The van der Waals surface area contributed by atoms with Crippen molar-refractivity contribution >= 4 is 0 Å². The van der Waals surface area contributed by atoms with Crippen LogP contribution in [0.3, 0.4) is 0 Å². The van der Waals surface area contributed by atoms with Gasteiger partial charge in [-0.1, -0.05) is 40.0 Å². The van der Waals surface area contributed by atoms with Crippen molar-refractivity contribution in [2.45, 2.75) is 77.3 Å². The van der Waals surface area contributed by atoms with Gasteiger partial charge in [0.25, 0.3) is 0 Å². The van der Waals surface area contributed by atoms with Crippen molar-refractivity contribution in [1.29, 1.82) is 0 Å². The highest BCUT2D eigenvalue weighted by Gasteiger charge is 2.44. The lowest BCUT2D eigenvalue weighted by molar-refractivity contribution is -0.0326. The summed E-state index contributed by atoms with van der Waals surface area (Å²) in [6.45, 7) is 11.2. The van der Waals surface area contributed by atoms with Crippen LogP contribution in [0.5, 0.6) is 0 Å². The Morgan fingerprint density at radius 3 is 2.37 bits per heavy atom. The van der Waals surface area contributed by atoms with Crippen LogP contribution in [-0.4, -0.2) is 36.1 Å². The predicted molar refractivity (Wildman–Crippen MR) is 81.4 cm³/mol. The Kier molecular flexibility index (Phi) is 3.68. The average molecular weight is 264 g/mol. The minimum Gasteiger partial charge on any atom is -0.311 e. The average Bonchev–Trinajstić information content (AvgIpc) is 2.26. The van der Waals surface area contributed by atoms with Crippen LogP contribution < -0.4 is 5.32 Å². The van der Waals surface area contributed by atoms with Gasteiger partial charge in [-0.15, -0.1) is 0 Å². The maximum absolute atomic E-state index is 3.88. The summed E-state index contributed by atoms with van der Waals surface area (Å²) in [5, 5.41) is 3.88. The van der Waals surface area contributed by atoms with Gasteiger partial charge < -0.3 is 5.32 Å². The van der Waals surface area contributed by atoms with Crippen LogP contribution >= 0.6 is 0 Å². The first kappa shape index (κ1) is 13.9. The number of piperidine rings is 1. The van der Waals surface area contributed by atoms with E-state index in [-0.39, 0.29) is 0 Å². The van der Waals surface area contributed by atoms with E-state index in [9.17, 15) is 0 Å². The third kappa shape index (κ3) is 2.85. The molecule has 0 bridgehead atoms. The molecular weight excluding hydrogens is 232 g/mol. The Bertz CT molecular complexity index is 300. The summed E-state index contributed by atoms with van der Waals surface area (Å²) in [6, 6.07) is 0.873. The van der Waals surface area contributed by atoms with Crippen molar-refractivity contribution in [3.63, 3.8) is 0 Å². The van der Waals surface area contributed by atoms with E-state index in [1.165, 1.54) is 64.6 Å². The van der Waals surface area contributed by atoms with Gasteiger partial charge in [0.1, 0.15) is 0 Å². The van der Waals surface area contributed by atoms with E-state index >= 15 is 0 Å². The molecule has 1 spiro atoms. The molecule has 1 saturated carbocycles. The topological polar surface area (TPSA) is 15.3 Å². The highest BCUT2D eigenvalue weighted by molar-refractivity contribution is 5.01. The summed E-state index contributed by atoms with van der Waals surface area (Å²) < 4.78 is 0. The molecule has 0 aromatic heterocycles. The lowest BCUT2D eigenvalue weighted by Gasteiger charge is -2.54. The van der Waals surface area contributed by atoms with Crippen LogP contribution in [0.15, 0.2) is 0 Å². The summed E-state index contributed by atoms with van der Waals surface area (Å²) >= 11 is 0. The molecule has 0 aromatic rings. The Hall–Kier alpha value is -0.0800. The third-order valence-corrected chi connectivity index (χ3v) is 6.07. The summed E-state index contributed by atoms with van der Waals surface area (Å²) in [5.41, 5.74) is 1.03. The number of hydrogen-bond acceptors (Lipinski definition) is 2. The maximum Gasteiger partial charge on any atom is 0.0196 e. The molecule has 0 aromatic carbocycles. The Morgan fingerprint density at radius 1 is 1.05 bits per heavy atom. The lowest BCUT2D eigenvalue weighted by Crippen LogP contribution is -2.62. The van der Waals surface area contributed by atoms with Crippen LogP contribution in [0.4, 0.5) is 0 Å². The van der Waals surface area contributed by atoms with Gasteiger partial charge in [0, 0.05) is 24.7 Å². The van der Waals surface area contributed by atoms with Crippen molar-refractivity contribution in [3.05, 3.63) is 0 Å². The molecule has 1 unspecified atom stereocenters. The fourth-order valence-electron chi connectivity index (χ4n) is 4.41. The molecule has 3 fully saturated rings. The Balaban J connectivity index is 1.55. The molecule has 19 heavy (non-hydrogen) atoms. The quantitative estimate of drug-likeness (QED) is 0.780. The van der Waals surface area contributed by atoms with Gasteiger partial charge in [-0.2, -0.15) is 0 Å². The van der Waals surface area contributed by atoms with Gasteiger partial charge in [-0.05, 0) is 43.6 Å². The zero-order valence-corrected chi connectivity index (χ0v) is 13.2. The minimum absolute atomic E-state index is 0.506. The molecule has 2 nitrogen and oxygen atoms in total. The molecule has 2 heteroatoms. The molecule has 110 valence electrons. The van der Waals surface area contributed by atoms with Crippen molar-refractivity contribution in [2.75, 3.05) is 19.6 Å². The highest BCUT2D eigenvalue weighted by atomic mass is 15.2. The smallest absolute Gasteiger partial charge is 0.0196 e. The van der Waals surface area contributed by atoms with Crippen LogP contribution in [0.25, 0.3) is 0 Å². The normalized spacial score (nSPS) is 33.3. The van der Waals surface area contributed by atoms with E-state index in [1.807, 2.05) is 0 Å². The van der Waals surface area contributed by atoms with Crippen molar-refractivity contribution in [1.82, 2.24) is 10.2 Å². The molecule has 1 N–H and O–H groups in total. The fraction of sp³-hybridized carbons (Fsp3) is 1.00. The standard InChI is InChI=1S/C17H32N2/c1-16(2,3)14-12-19(13-14)15-7-10-18-17(11-15)8-5-4-6-9-17/h14-15,18H,4-13H2,1-3H3. The zero-order chi connectivity index (χ0) is 13.5. The number of rotatable bonds is 1. The SMILES string of the molecule is CC(C)(C)C1CN(C2CCNC3(CCCCC3)C2)C1. The second-order valence-electron chi connectivity index (χ2n) is 8.43. The van der Waals surface area contributed by atoms with Crippen LogP contribution in [-0.2, 0) is 0 Å². The number of hydrogen-bond donors (Lipinski definition) is 1. The second kappa shape index (κ2) is 5.04. The largest absolute Gasteiger partial charge is 0.311 e. The van der Waals surface area contributed by atoms with Crippen molar-refractivity contribution in [2.24, 2.45) is 11.3 Å². The molecule has 0 amide bonds. The van der Waals surface area contributed by atoms with E-state index in [4.69, 9.17) is 0 Å². The molecule has 1 atom stereocenters. The van der Waals surface area contributed by atoms with Crippen molar-refractivity contribution in [3.8, 4) is 0 Å². The molecule has 3 aliphatic rings. The first-order valence-corrected chi connectivity index (χ1v) is 8.48. The first-order valence-electron chi connectivity index (χ1n) is 8.48. The van der Waals surface area contributed by atoms with E-state index in [2.05, 4.69) is 31.0 Å². The van der Waals surface area contributed by atoms with E-state index in [1.54, 1.807) is 0 Å². The molecule has 2 aliphatic heterocycles. The molecule has 2 heterocycles. The van der Waals surface area contributed by atoms with Crippen molar-refractivity contribution < 1.29 is 0 Å². The fourth-order valence-corrected chi connectivity index (χ4v) is 4.41. The Morgan fingerprint density at radius 2 is 1.74 bits per heavy atom. The number of nitrogens with one attached hydrogen (secondary N) is 1. The van der Waals surface area contributed by atoms with Gasteiger partial charge in [0.05, 0.1) is 0 Å². The van der Waals surface area contributed by atoms with Crippen LogP contribution in [0, 0.1) is 11.3 Å². The summed E-state index contributed by atoms with van der Waals surface area (Å²) in [5.74, 6) is 0.921. The van der Waals surface area contributed by atoms with Gasteiger partial charge >= 0.3 is 0 Å². The maximum atomic E-state index is 3.88. The van der Waals surface area contributed by atoms with Crippen LogP contribution in [0.1, 0.15) is 65.7 Å². The van der Waals surface area contributed by atoms with Crippen LogP contribution in [0.2, 0.25) is 0 Å². The Labute approximate surface area is 119 Å². The van der Waals surface area contributed by atoms with E-state index in [0.717, 1.165) is 12.0 Å². The molecule has 2 saturated heterocycles. The third-order valence-electron chi connectivity index (χ3n) is 6.07. The zero-order valence-electron chi connectivity index (χ0n) is 13.2. The molecule has 1 aliphatic carbocycles. The van der Waals surface area contributed by atoms with Gasteiger partial charge in [-0.3, -0.25) is 4.90 Å². The van der Waals surface area contributed by atoms with E-state index < -0.39 is 0 Å². The summed E-state index contributed by atoms with van der Waals surface area (Å²) in [7, 11) is 0. The highest BCUT2D eigenvalue weighted by Crippen LogP contribution is 2.40. The predicted octanol–water partition coefficient (Wildman–Crippen LogP) is 3.42. The molecule has 3 rings (SSSR count). The van der Waals surface area contributed by atoms with Gasteiger partial charge in [0.2, 0.25) is 0 Å². The monoisotopic (exact) mass is 264 g/mol. The van der Waals surface area contributed by atoms with Gasteiger partial charge in [-0.25, -0.2) is 0 Å². The molecular formula is C17H32N2. The van der Waals surface area contributed by atoms with E-state index in [0.29, 0.717) is 11.0 Å². The first-order chi connectivity index (χ1) is 8.99. The number of nitrogens with zero attached hydrogens (tertiary/aromatic N) is 1. The minimum atomic E-state index is 0.506. The van der Waals surface area contributed by atoms with Gasteiger partial charge in [0.15, 0.2) is 0 Å².